The minimum atomic E-state index is -3.48. The summed E-state index contributed by atoms with van der Waals surface area (Å²) >= 11 is 0. The molecule has 1 aromatic rings. The van der Waals surface area contributed by atoms with Gasteiger partial charge in [0.1, 0.15) is 4.75 Å². The summed E-state index contributed by atoms with van der Waals surface area (Å²) in [6.45, 7) is 5.24. The van der Waals surface area contributed by atoms with Gasteiger partial charge in [-0.15, -0.1) is 0 Å². The third kappa shape index (κ3) is 2.27. The zero-order valence-corrected chi connectivity index (χ0v) is 17.2. The molecule has 7 heteroatoms. The van der Waals surface area contributed by atoms with Crippen LogP contribution < -0.4 is 0 Å². The molecule has 4 rings (SSSR count). The van der Waals surface area contributed by atoms with Crippen molar-refractivity contribution in [3.63, 3.8) is 0 Å². The van der Waals surface area contributed by atoms with Crippen LogP contribution in [-0.2, 0) is 20.6 Å². The molecule has 1 aliphatic heterocycles. The fourth-order valence-electron chi connectivity index (χ4n) is 5.16. The first-order valence-electron chi connectivity index (χ1n) is 9.15. The lowest BCUT2D eigenvalue weighted by molar-refractivity contribution is 0.0713. The summed E-state index contributed by atoms with van der Waals surface area (Å²) in [6, 6.07) is 6.64. The average molecular weight is 407 g/mol. The Bertz CT molecular complexity index is 1030. The van der Waals surface area contributed by atoms with Crippen LogP contribution >= 0.6 is 0 Å². The fourth-order valence-corrected chi connectivity index (χ4v) is 9.42. The van der Waals surface area contributed by atoms with E-state index in [1.54, 1.807) is 45.0 Å². The Kier molecular flexibility index (Phi) is 4.13. The molecule has 1 saturated heterocycles. The molecule has 0 saturated carbocycles. The minimum Gasteiger partial charge on any atom is -0.294 e. The van der Waals surface area contributed by atoms with Gasteiger partial charge in [0, 0.05) is 38.0 Å². The molecule has 0 aromatic heterocycles. The van der Waals surface area contributed by atoms with E-state index >= 15 is 0 Å². The molecule has 0 spiro atoms. The molecule has 3 aliphatic rings. The summed E-state index contributed by atoms with van der Waals surface area (Å²) in [4.78, 5) is 27.4. The van der Waals surface area contributed by atoms with Crippen LogP contribution in [0.15, 0.2) is 34.7 Å². The van der Waals surface area contributed by atoms with Gasteiger partial charge < -0.3 is 0 Å². The Balaban J connectivity index is 2.08. The Morgan fingerprint density at radius 2 is 1.74 bits per heavy atom. The van der Waals surface area contributed by atoms with Crippen molar-refractivity contribution in [2.45, 2.75) is 43.6 Å². The largest absolute Gasteiger partial charge is 0.294 e. The molecule has 0 unspecified atom stereocenters. The van der Waals surface area contributed by atoms with E-state index in [0.29, 0.717) is 11.1 Å². The highest BCUT2D eigenvalue weighted by atomic mass is 32.2. The van der Waals surface area contributed by atoms with Gasteiger partial charge in [-0.05, 0) is 19.8 Å². The molecule has 27 heavy (non-hydrogen) atoms. The van der Waals surface area contributed by atoms with Gasteiger partial charge in [0.25, 0.3) is 0 Å². The maximum Gasteiger partial charge on any atom is 0.183 e. The van der Waals surface area contributed by atoms with E-state index in [9.17, 15) is 22.2 Å². The number of fused-ring (bicyclic) bond motifs is 4. The van der Waals surface area contributed by atoms with Gasteiger partial charge in [-0.2, -0.15) is 0 Å². The summed E-state index contributed by atoms with van der Waals surface area (Å²) < 4.78 is 37.5. The quantitative estimate of drug-likeness (QED) is 0.754. The zero-order valence-electron chi connectivity index (χ0n) is 15.5. The van der Waals surface area contributed by atoms with E-state index in [0.717, 1.165) is 0 Å². The lowest BCUT2D eigenvalue weighted by atomic mass is 9.62. The van der Waals surface area contributed by atoms with Crippen LogP contribution in [-0.4, -0.2) is 39.9 Å². The lowest BCUT2D eigenvalue weighted by Gasteiger charge is -2.49. The maximum absolute atomic E-state index is 13.8. The van der Waals surface area contributed by atoms with Gasteiger partial charge in [0.2, 0.25) is 0 Å². The third-order valence-electron chi connectivity index (χ3n) is 6.16. The zero-order chi connectivity index (χ0) is 19.7. The number of allylic oxidation sites excluding steroid dienone is 2. The van der Waals surface area contributed by atoms with E-state index in [2.05, 4.69) is 0 Å². The Morgan fingerprint density at radius 1 is 1.11 bits per heavy atom. The van der Waals surface area contributed by atoms with Crippen molar-refractivity contribution in [1.82, 2.24) is 0 Å². The van der Waals surface area contributed by atoms with Gasteiger partial charge in [0.05, 0.1) is 11.7 Å². The number of carbonyl (C=O) groups excluding carboxylic acids is 2. The van der Waals surface area contributed by atoms with Crippen molar-refractivity contribution in [2.24, 2.45) is 11.8 Å². The Morgan fingerprint density at radius 3 is 2.37 bits per heavy atom. The van der Waals surface area contributed by atoms with Gasteiger partial charge in [0.15, 0.2) is 21.4 Å². The molecule has 1 aromatic carbocycles. The monoisotopic (exact) mass is 406 g/mol. The molecule has 0 radical (unpaired) electrons. The molecule has 0 amide bonds. The SMILES string of the molecule is CC1=C2[C@H](CCS2(=O)=O)[C@]2([S@@](=O)C(C)C)C(=O)c3ccccc3C(=O)[C@H]2C1. The van der Waals surface area contributed by atoms with Crippen LogP contribution in [0.5, 0.6) is 0 Å². The summed E-state index contributed by atoms with van der Waals surface area (Å²) in [6.07, 6.45) is 0.410. The van der Waals surface area contributed by atoms with Crippen molar-refractivity contribution in [3.8, 4) is 0 Å². The molecular formula is C20H22O5S2. The third-order valence-corrected chi connectivity index (χ3v) is 10.5. The van der Waals surface area contributed by atoms with Crippen LogP contribution in [0.3, 0.4) is 0 Å². The van der Waals surface area contributed by atoms with Gasteiger partial charge in [-0.1, -0.05) is 43.7 Å². The van der Waals surface area contributed by atoms with Gasteiger partial charge >= 0.3 is 0 Å². The summed E-state index contributed by atoms with van der Waals surface area (Å²) in [5.74, 6) is -2.04. The standard InChI is InChI=1S/C20H22O5S2/c1-11(2)26(23)20-15-8-9-27(24,25)18(15)12(3)10-16(20)17(21)13-6-4-5-7-14(13)19(20)22/h4-7,11,15-16H,8-10H2,1-3H3/t15-,16+,20+,26-/m0/s1. The first-order chi connectivity index (χ1) is 12.6. The van der Waals surface area contributed by atoms with Crippen molar-refractivity contribution in [1.29, 1.82) is 0 Å². The number of sulfone groups is 1. The topological polar surface area (TPSA) is 85.3 Å². The van der Waals surface area contributed by atoms with E-state index in [-0.39, 0.29) is 45.9 Å². The second-order valence-electron chi connectivity index (χ2n) is 7.94. The number of carbonyl (C=O) groups is 2. The normalized spacial score (nSPS) is 32.9. The maximum atomic E-state index is 13.8. The number of hydrogen-bond donors (Lipinski definition) is 0. The van der Waals surface area contributed by atoms with Crippen LogP contribution in [0.1, 0.15) is 54.3 Å². The molecule has 4 atom stereocenters. The number of rotatable bonds is 2. The fraction of sp³-hybridized carbons (Fsp3) is 0.500. The highest BCUT2D eigenvalue weighted by Gasteiger charge is 2.67. The Labute approximate surface area is 161 Å². The van der Waals surface area contributed by atoms with E-state index in [1.807, 2.05) is 0 Å². The van der Waals surface area contributed by atoms with Crippen molar-refractivity contribution in [2.75, 3.05) is 5.75 Å². The highest BCUT2D eigenvalue weighted by Crippen LogP contribution is 2.56. The van der Waals surface area contributed by atoms with Gasteiger partial charge in [-0.3, -0.25) is 13.8 Å². The van der Waals surface area contributed by atoms with E-state index in [1.165, 1.54) is 0 Å². The molecule has 0 N–H and O–H groups in total. The van der Waals surface area contributed by atoms with Crippen molar-refractivity contribution in [3.05, 3.63) is 45.9 Å². The molecule has 1 heterocycles. The number of benzene rings is 1. The smallest absolute Gasteiger partial charge is 0.183 e. The van der Waals surface area contributed by atoms with Crippen molar-refractivity contribution < 1.29 is 22.2 Å². The lowest BCUT2D eigenvalue weighted by Crippen LogP contribution is -2.63. The first kappa shape index (κ1) is 18.7. The molecule has 0 bridgehead atoms. The summed E-state index contributed by atoms with van der Waals surface area (Å²) in [7, 11) is -5.16. The predicted octanol–water partition coefficient (Wildman–Crippen LogP) is 2.69. The van der Waals surface area contributed by atoms with Crippen LogP contribution in [0.25, 0.3) is 0 Å². The number of Topliss-reactive ketones (excluding diaryl/α,β-unsaturated/α-hetero) is 2. The van der Waals surface area contributed by atoms with Crippen LogP contribution in [0, 0.1) is 11.8 Å². The summed E-state index contributed by atoms with van der Waals surface area (Å²) in [5.41, 5.74) is 1.27. The van der Waals surface area contributed by atoms with E-state index in [4.69, 9.17) is 0 Å². The average Bonchev–Trinajstić information content (AvgIpc) is 2.95. The molecule has 5 nitrogen and oxygen atoms in total. The summed E-state index contributed by atoms with van der Waals surface area (Å²) in [5, 5.41) is -0.363. The minimum absolute atomic E-state index is 0.0583. The second kappa shape index (κ2) is 5.95. The Hall–Kier alpha value is -1.60. The molecule has 144 valence electrons. The second-order valence-corrected chi connectivity index (χ2v) is 12.2. The first-order valence-corrected chi connectivity index (χ1v) is 12.0. The highest BCUT2D eigenvalue weighted by molar-refractivity contribution is 7.95. The molecular weight excluding hydrogens is 384 g/mol. The van der Waals surface area contributed by atoms with Crippen LogP contribution in [0.4, 0.5) is 0 Å². The predicted molar refractivity (Wildman–Crippen MR) is 104 cm³/mol. The molecule has 2 aliphatic carbocycles. The number of hydrogen-bond acceptors (Lipinski definition) is 5. The van der Waals surface area contributed by atoms with Gasteiger partial charge in [-0.25, -0.2) is 8.42 Å². The number of ketones is 2. The van der Waals surface area contributed by atoms with E-state index < -0.39 is 37.2 Å². The van der Waals surface area contributed by atoms with Crippen molar-refractivity contribution >= 4 is 32.2 Å². The van der Waals surface area contributed by atoms with Crippen LogP contribution in [0.2, 0.25) is 0 Å². The molecule has 1 fully saturated rings.